The third-order valence-corrected chi connectivity index (χ3v) is 3.52. The Morgan fingerprint density at radius 2 is 2.38 bits per heavy atom. The fourth-order valence-corrected chi connectivity index (χ4v) is 2.79. The molecule has 1 amide bonds. The predicted molar refractivity (Wildman–Crippen MR) is 77.2 cm³/mol. The van der Waals surface area contributed by atoms with Crippen LogP contribution in [0.15, 0.2) is 21.7 Å². The molecule has 1 aromatic carbocycles. The topological polar surface area (TPSA) is 121 Å². The maximum Gasteiger partial charge on any atom is 0.414 e. The number of amides is 1. The summed E-state index contributed by atoms with van der Waals surface area (Å²) in [6.07, 6.45) is -0.424. The molecule has 10 heteroatoms. The fraction of sp³-hybridized carbons (Fsp3) is 0.364. The zero-order chi connectivity index (χ0) is 15.6. The second-order valence-corrected chi connectivity index (χ2v) is 5.25. The first-order valence-electron chi connectivity index (χ1n) is 5.84. The average molecular weight is 356 g/mol. The number of carbonyl (C=O) groups excluding carboxylic acids is 1. The summed E-state index contributed by atoms with van der Waals surface area (Å²) in [5.41, 5.74) is 9.07. The number of hydrogen-bond acceptors (Lipinski definition) is 5. The number of benzene rings is 1. The summed E-state index contributed by atoms with van der Waals surface area (Å²) in [5.74, 6) is 0. The van der Waals surface area contributed by atoms with Gasteiger partial charge in [0.25, 0.3) is 5.69 Å². The lowest BCUT2D eigenvalue weighted by atomic mass is 9.97. The highest BCUT2D eigenvalue weighted by Gasteiger charge is 2.35. The molecule has 0 spiro atoms. The van der Waals surface area contributed by atoms with Crippen LogP contribution in [0.1, 0.15) is 5.56 Å². The van der Waals surface area contributed by atoms with Gasteiger partial charge in [0.2, 0.25) is 0 Å². The van der Waals surface area contributed by atoms with Crippen LogP contribution >= 0.6 is 15.9 Å². The van der Waals surface area contributed by atoms with Crippen molar-refractivity contribution in [3.8, 4) is 0 Å². The van der Waals surface area contributed by atoms with E-state index in [-0.39, 0.29) is 17.9 Å². The summed E-state index contributed by atoms with van der Waals surface area (Å²) in [7, 11) is 1.18. The number of carbonyl (C=O) groups is 1. The first-order valence-corrected chi connectivity index (χ1v) is 6.63. The molecule has 0 aromatic heterocycles. The van der Waals surface area contributed by atoms with Crippen molar-refractivity contribution in [1.29, 1.82) is 0 Å². The third kappa shape index (κ3) is 2.91. The zero-order valence-corrected chi connectivity index (χ0v) is 12.5. The minimum atomic E-state index is -0.737. The number of fused-ring (bicyclic) bond motifs is 1. The number of nitro groups is 1. The molecule has 1 aliphatic rings. The Kier molecular flexibility index (Phi) is 4.29. The first-order chi connectivity index (χ1) is 9.97. The number of nitro benzene ring substituents is 1. The molecule has 1 aliphatic heterocycles. The van der Waals surface area contributed by atoms with Gasteiger partial charge in [0.05, 0.1) is 18.1 Å². The Balaban J connectivity index is 2.63. The Labute approximate surface area is 127 Å². The fourth-order valence-electron chi connectivity index (χ4n) is 2.29. The van der Waals surface area contributed by atoms with Gasteiger partial charge in [-0.1, -0.05) is 21.0 Å². The minimum Gasteiger partial charge on any atom is -0.452 e. The highest BCUT2D eigenvalue weighted by Crippen LogP contribution is 2.39. The van der Waals surface area contributed by atoms with Crippen LogP contribution in [0.3, 0.4) is 0 Å². The van der Waals surface area contributed by atoms with Crippen molar-refractivity contribution in [3.63, 3.8) is 0 Å². The molecule has 21 heavy (non-hydrogen) atoms. The van der Waals surface area contributed by atoms with Crippen LogP contribution in [0.4, 0.5) is 16.2 Å². The molecular formula is C11H10BrN5O4. The van der Waals surface area contributed by atoms with Crippen LogP contribution in [0.2, 0.25) is 0 Å². The van der Waals surface area contributed by atoms with Gasteiger partial charge in [-0.2, -0.15) is 0 Å². The van der Waals surface area contributed by atoms with Crippen LogP contribution < -0.4 is 4.90 Å². The predicted octanol–water partition coefficient (Wildman–Crippen LogP) is 3.17. The van der Waals surface area contributed by atoms with E-state index in [0.717, 1.165) is 4.90 Å². The molecule has 2 rings (SSSR count). The SMILES string of the molecule is COC(=O)N1C[C@H](N=[N+]=[N-])Cc2cc(Br)cc([N+](=O)[O-])c21. The number of ether oxygens (including phenoxy) is 1. The Bertz CT molecular complexity index is 658. The van der Waals surface area contributed by atoms with Gasteiger partial charge >= 0.3 is 6.09 Å². The van der Waals surface area contributed by atoms with E-state index in [1.807, 2.05) is 0 Å². The molecule has 9 nitrogen and oxygen atoms in total. The summed E-state index contributed by atoms with van der Waals surface area (Å²) in [5, 5.41) is 14.8. The average Bonchev–Trinajstić information content (AvgIpc) is 2.44. The van der Waals surface area contributed by atoms with E-state index >= 15 is 0 Å². The summed E-state index contributed by atoms with van der Waals surface area (Å²) < 4.78 is 5.17. The van der Waals surface area contributed by atoms with Gasteiger partial charge in [0.1, 0.15) is 5.69 Å². The number of methoxy groups -OCH3 is 1. The van der Waals surface area contributed by atoms with E-state index in [0.29, 0.717) is 16.5 Å². The highest BCUT2D eigenvalue weighted by molar-refractivity contribution is 9.10. The van der Waals surface area contributed by atoms with Crippen LogP contribution in [-0.4, -0.2) is 30.7 Å². The molecule has 0 aliphatic carbocycles. The lowest BCUT2D eigenvalue weighted by Crippen LogP contribution is -2.42. The van der Waals surface area contributed by atoms with Crippen molar-refractivity contribution in [2.45, 2.75) is 12.5 Å². The Morgan fingerprint density at radius 3 is 2.95 bits per heavy atom. The molecule has 0 fully saturated rings. The molecular weight excluding hydrogens is 346 g/mol. The van der Waals surface area contributed by atoms with Gasteiger partial charge in [-0.25, -0.2) is 4.79 Å². The van der Waals surface area contributed by atoms with Gasteiger partial charge in [-0.15, -0.1) is 0 Å². The molecule has 0 saturated heterocycles. The van der Waals surface area contributed by atoms with Gasteiger partial charge in [-0.3, -0.25) is 15.0 Å². The van der Waals surface area contributed by atoms with Crippen LogP contribution in [-0.2, 0) is 11.2 Å². The largest absolute Gasteiger partial charge is 0.452 e. The molecule has 0 bridgehead atoms. The van der Waals surface area contributed by atoms with E-state index in [4.69, 9.17) is 5.53 Å². The normalized spacial score (nSPS) is 16.7. The van der Waals surface area contributed by atoms with Gasteiger partial charge in [0, 0.05) is 22.0 Å². The smallest absolute Gasteiger partial charge is 0.414 e. The summed E-state index contributed by atoms with van der Waals surface area (Å²) >= 11 is 3.20. The van der Waals surface area contributed by atoms with E-state index in [1.54, 1.807) is 6.07 Å². The number of azide groups is 1. The molecule has 0 saturated carbocycles. The van der Waals surface area contributed by atoms with Crippen molar-refractivity contribution in [2.75, 3.05) is 18.6 Å². The van der Waals surface area contributed by atoms with E-state index in [1.165, 1.54) is 13.2 Å². The second kappa shape index (κ2) is 5.98. The lowest BCUT2D eigenvalue weighted by Gasteiger charge is -2.31. The quantitative estimate of drug-likeness (QED) is 0.265. The van der Waals surface area contributed by atoms with E-state index in [2.05, 4.69) is 30.7 Å². The Hall–Kier alpha value is -2.32. The van der Waals surface area contributed by atoms with Crippen molar-refractivity contribution in [3.05, 3.63) is 42.7 Å². The standard InChI is InChI=1S/C11H10BrN5O4/c1-21-11(18)16-5-8(14-15-13)3-6-2-7(12)4-9(10(6)16)17(19)20/h2,4,8H,3,5H2,1H3/t8-/m1/s1. The first kappa shape index (κ1) is 15.1. The number of halogens is 1. The van der Waals surface area contributed by atoms with Gasteiger partial charge < -0.3 is 4.74 Å². The third-order valence-electron chi connectivity index (χ3n) is 3.06. The van der Waals surface area contributed by atoms with Crippen LogP contribution in [0.5, 0.6) is 0 Å². The van der Waals surface area contributed by atoms with Gasteiger partial charge in [-0.05, 0) is 23.6 Å². The lowest BCUT2D eigenvalue weighted by molar-refractivity contribution is -0.384. The zero-order valence-electron chi connectivity index (χ0n) is 10.9. The van der Waals surface area contributed by atoms with Crippen molar-refractivity contribution in [2.24, 2.45) is 5.11 Å². The maximum absolute atomic E-state index is 11.9. The van der Waals surface area contributed by atoms with Gasteiger partial charge in [0.15, 0.2) is 0 Å². The highest BCUT2D eigenvalue weighted by atomic mass is 79.9. The molecule has 0 radical (unpaired) electrons. The molecule has 1 heterocycles. The van der Waals surface area contributed by atoms with Crippen molar-refractivity contribution >= 4 is 33.4 Å². The van der Waals surface area contributed by atoms with Crippen LogP contribution in [0.25, 0.3) is 10.4 Å². The molecule has 1 atom stereocenters. The maximum atomic E-state index is 11.9. The molecule has 110 valence electrons. The molecule has 0 unspecified atom stereocenters. The van der Waals surface area contributed by atoms with E-state index in [9.17, 15) is 14.9 Å². The Morgan fingerprint density at radius 1 is 1.67 bits per heavy atom. The number of nitrogens with zero attached hydrogens (tertiary/aromatic N) is 5. The summed E-state index contributed by atoms with van der Waals surface area (Å²) in [4.78, 5) is 26.4. The molecule has 1 aromatic rings. The second-order valence-electron chi connectivity index (χ2n) is 4.33. The summed E-state index contributed by atoms with van der Waals surface area (Å²) in [6.45, 7) is 0.0339. The number of anilines is 1. The van der Waals surface area contributed by atoms with Crippen molar-refractivity contribution < 1.29 is 14.5 Å². The van der Waals surface area contributed by atoms with Crippen molar-refractivity contribution in [1.82, 2.24) is 0 Å². The number of hydrogen-bond donors (Lipinski definition) is 0. The van der Waals surface area contributed by atoms with E-state index < -0.39 is 17.1 Å². The molecule has 0 N–H and O–H groups in total. The van der Waals surface area contributed by atoms with Crippen LogP contribution in [0, 0.1) is 10.1 Å². The summed E-state index contributed by atoms with van der Waals surface area (Å²) in [6, 6.07) is 2.48. The monoisotopic (exact) mass is 355 g/mol. The number of rotatable bonds is 2. The minimum absolute atomic E-state index is 0.0339.